The molecule has 132 valence electrons. The maximum Gasteiger partial charge on any atom is 0.244 e. The fourth-order valence-corrected chi connectivity index (χ4v) is 3.24. The number of hydrazone groups is 1. The topological polar surface area (TPSA) is 59.9 Å². The van der Waals surface area contributed by atoms with Gasteiger partial charge in [-0.2, -0.15) is 5.10 Å². The number of benzene rings is 2. The lowest BCUT2D eigenvalue weighted by atomic mass is 10.1. The van der Waals surface area contributed by atoms with E-state index in [1.54, 1.807) is 13.3 Å². The van der Waals surface area contributed by atoms with E-state index in [1.165, 1.54) is 0 Å². The number of carbonyl (C=O) groups is 1. The molecule has 7 heteroatoms. The van der Waals surface area contributed by atoms with Crippen molar-refractivity contribution >= 4 is 50.6 Å². The van der Waals surface area contributed by atoms with E-state index in [0.717, 1.165) is 19.2 Å². The molecular weight excluding hydrogens is 499 g/mol. The molecule has 25 heavy (non-hydrogen) atoms. The highest BCUT2D eigenvalue weighted by Gasteiger charge is 2.10. The van der Waals surface area contributed by atoms with Gasteiger partial charge in [-0.3, -0.25) is 4.79 Å². The van der Waals surface area contributed by atoms with Crippen molar-refractivity contribution in [3.63, 3.8) is 0 Å². The second kappa shape index (κ2) is 9.76. The first-order valence-corrected chi connectivity index (χ1v) is 9.47. The van der Waals surface area contributed by atoms with E-state index >= 15 is 0 Å². The highest BCUT2D eigenvalue weighted by molar-refractivity contribution is 14.1. The molecule has 2 rings (SSSR count). The van der Waals surface area contributed by atoms with Crippen LogP contribution in [0.5, 0.6) is 11.5 Å². The summed E-state index contributed by atoms with van der Waals surface area (Å²) in [6, 6.07) is 11.3. The number of rotatable bonds is 7. The molecule has 1 amide bonds. The van der Waals surface area contributed by atoms with Crippen molar-refractivity contribution < 1.29 is 14.3 Å². The van der Waals surface area contributed by atoms with Crippen LogP contribution in [0.25, 0.3) is 0 Å². The summed E-state index contributed by atoms with van der Waals surface area (Å²) in [5.41, 5.74) is 4.28. The predicted molar refractivity (Wildman–Crippen MR) is 110 cm³/mol. The van der Waals surface area contributed by atoms with E-state index in [9.17, 15) is 4.79 Å². The molecule has 0 aliphatic heterocycles. The second-order valence-electron chi connectivity index (χ2n) is 5.06. The van der Waals surface area contributed by atoms with Gasteiger partial charge in [0.2, 0.25) is 5.91 Å². The minimum Gasteiger partial charge on any atom is -0.492 e. The number of nitrogens with one attached hydrogen (secondary N) is 1. The van der Waals surface area contributed by atoms with Gasteiger partial charge in [-0.25, -0.2) is 5.43 Å². The molecule has 5 nitrogen and oxygen atoms in total. The van der Waals surface area contributed by atoms with Crippen LogP contribution in [0.3, 0.4) is 0 Å². The first kappa shape index (κ1) is 19.7. The van der Waals surface area contributed by atoms with Gasteiger partial charge in [0, 0.05) is 4.47 Å². The second-order valence-corrected chi connectivity index (χ2v) is 7.14. The molecular formula is C18H18BrIN2O3. The lowest BCUT2D eigenvalue weighted by Gasteiger charge is -2.11. The predicted octanol–water partition coefficient (Wildman–Crippen LogP) is 4.15. The van der Waals surface area contributed by atoms with Crippen LogP contribution in [0, 0.1) is 3.57 Å². The van der Waals surface area contributed by atoms with E-state index < -0.39 is 0 Å². The summed E-state index contributed by atoms with van der Waals surface area (Å²) >= 11 is 5.54. The van der Waals surface area contributed by atoms with E-state index in [4.69, 9.17) is 9.47 Å². The van der Waals surface area contributed by atoms with Crippen molar-refractivity contribution in [2.24, 2.45) is 5.10 Å². The summed E-state index contributed by atoms with van der Waals surface area (Å²) in [5, 5.41) is 4.02. The number of amides is 1. The lowest BCUT2D eigenvalue weighted by Crippen LogP contribution is -2.19. The third kappa shape index (κ3) is 6.00. The van der Waals surface area contributed by atoms with Crippen LogP contribution in [-0.2, 0) is 11.2 Å². The van der Waals surface area contributed by atoms with Crippen LogP contribution in [-0.4, -0.2) is 25.8 Å². The van der Waals surface area contributed by atoms with Crippen molar-refractivity contribution in [3.8, 4) is 11.5 Å². The van der Waals surface area contributed by atoms with Gasteiger partial charge in [0.05, 0.1) is 29.9 Å². The van der Waals surface area contributed by atoms with Gasteiger partial charge in [0.25, 0.3) is 0 Å². The summed E-state index contributed by atoms with van der Waals surface area (Å²) in [6.07, 6.45) is 1.86. The van der Waals surface area contributed by atoms with Gasteiger partial charge in [0.1, 0.15) is 0 Å². The molecule has 0 atom stereocenters. The SMILES string of the molecule is CCOc1cc(/C=N\NC(=O)Cc2ccc(Br)cc2)cc(I)c1OC. The number of halogens is 2. The fourth-order valence-electron chi connectivity index (χ4n) is 2.13. The highest BCUT2D eigenvalue weighted by Crippen LogP contribution is 2.33. The molecule has 0 saturated carbocycles. The number of carbonyl (C=O) groups excluding carboxylic acids is 1. The summed E-state index contributed by atoms with van der Waals surface area (Å²) in [4.78, 5) is 11.9. The Morgan fingerprint density at radius 3 is 2.68 bits per heavy atom. The van der Waals surface area contributed by atoms with Crippen molar-refractivity contribution in [3.05, 3.63) is 55.6 Å². The van der Waals surface area contributed by atoms with Gasteiger partial charge >= 0.3 is 0 Å². The molecule has 2 aromatic rings. The maximum absolute atomic E-state index is 11.9. The zero-order valence-corrected chi connectivity index (χ0v) is 17.6. The molecule has 0 aliphatic rings. The summed E-state index contributed by atoms with van der Waals surface area (Å²) in [6.45, 7) is 2.45. The Morgan fingerprint density at radius 2 is 2.04 bits per heavy atom. The van der Waals surface area contributed by atoms with Crippen molar-refractivity contribution in [2.75, 3.05) is 13.7 Å². The van der Waals surface area contributed by atoms with E-state index in [2.05, 4.69) is 49.0 Å². The Kier molecular flexibility index (Phi) is 7.70. The van der Waals surface area contributed by atoms with Gasteiger partial charge in [-0.1, -0.05) is 28.1 Å². The van der Waals surface area contributed by atoms with Crippen molar-refractivity contribution in [1.29, 1.82) is 0 Å². The monoisotopic (exact) mass is 516 g/mol. The van der Waals surface area contributed by atoms with Crippen LogP contribution >= 0.6 is 38.5 Å². The quantitative estimate of drug-likeness (QED) is 0.341. The number of hydrogen-bond acceptors (Lipinski definition) is 4. The third-order valence-corrected chi connectivity index (χ3v) is 4.55. The molecule has 1 N–H and O–H groups in total. The van der Waals surface area contributed by atoms with E-state index in [1.807, 2.05) is 43.3 Å². The van der Waals surface area contributed by atoms with E-state index in [-0.39, 0.29) is 12.3 Å². The smallest absolute Gasteiger partial charge is 0.244 e. The van der Waals surface area contributed by atoms with Gasteiger partial charge in [-0.05, 0) is 64.9 Å². The number of methoxy groups -OCH3 is 1. The molecule has 0 saturated heterocycles. The Balaban J connectivity index is 2.01. The molecule has 0 aliphatic carbocycles. The molecule has 0 aromatic heterocycles. The molecule has 2 aromatic carbocycles. The molecule has 0 fully saturated rings. The standard InChI is InChI=1S/C18H18BrIN2O3/c1-3-25-16-9-13(8-15(20)18(16)24-2)11-21-22-17(23)10-12-4-6-14(19)7-5-12/h4-9,11H,3,10H2,1-2H3,(H,22,23)/b21-11-. The van der Waals surface area contributed by atoms with E-state index in [0.29, 0.717) is 18.1 Å². The first-order chi connectivity index (χ1) is 12.0. The first-order valence-electron chi connectivity index (χ1n) is 7.60. The van der Waals surface area contributed by atoms with Crippen LogP contribution in [0.15, 0.2) is 46.0 Å². The number of nitrogens with zero attached hydrogens (tertiary/aromatic N) is 1. The van der Waals surface area contributed by atoms with Crippen LogP contribution in [0.4, 0.5) is 0 Å². The summed E-state index contributed by atoms with van der Waals surface area (Å²) < 4.78 is 12.8. The molecule has 0 spiro atoms. The highest BCUT2D eigenvalue weighted by atomic mass is 127. The molecule has 0 bridgehead atoms. The maximum atomic E-state index is 11.9. The Morgan fingerprint density at radius 1 is 1.32 bits per heavy atom. The third-order valence-electron chi connectivity index (χ3n) is 3.22. The van der Waals surface area contributed by atoms with Gasteiger partial charge < -0.3 is 9.47 Å². The van der Waals surface area contributed by atoms with Crippen LogP contribution in [0.1, 0.15) is 18.1 Å². The average Bonchev–Trinajstić information content (AvgIpc) is 2.57. The normalized spacial score (nSPS) is 10.7. The van der Waals surface area contributed by atoms with Gasteiger partial charge in [0.15, 0.2) is 11.5 Å². The minimum atomic E-state index is -0.174. The largest absolute Gasteiger partial charge is 0.492 e. The number of ether oxygens (including phenoxy) is 2. The Labute approximate surface area is 169 Å². The zero-order chi connectivity index (χ0) is 18.2. The zero-order valence-electron chi connectivity index (χ0n) is 13.9. The Bertz CT molecular complexity index is 764. The number of hydrogen-bond donors (Lipinski definition) is 1. The minimum absolute atomic E-state index is 0.174. The molecule has 0 unspecified atom stereocenters. The van der Waals surface area contributed by atoms with Crippen molar-refractivity contribution in [2.45, 2.75) is 13.3 Å². The summed E-state index contributed by atoms with van der Waals surface area (Å²) in [5.74, 6) is 1.17. The van der Waals surface area contributed by atoms with Crippen molar-refractivity contribution in [1.82, 2.24) is 5.43 Å². The van der Waals surface area contributed by atoms with Gasteiger partial charge in [-0.15, -0.1) is 0 Å². The van der Waals surface area contributed by atoms with Crippen LogP contribution in [0.2, 0.25) is 0 Å². The lowest BCUT2D eigenvalue weighted by molar-refractivity contribution is -0.120. The average molecular weight is 517 g/mol. The molecule has 0 radical (unpaired) electrons. The summed E-state index contributed by atoms with van der Waals surface area (Å²) in [7, 11) is 1.61. The molecule has 0 heterocycles. The Hall–Kier alpha value is -1.61. The van der Waals surface area contributed by atoms with Crippen LogP contribution < -0.4 is 14.9 Å². The fraction of sp³-hybridized carbons (Fsp3) is 0.222.